The molecule has 35 heavy (non-hydrogen) atoms. The van der Waals surface area contributed by atoms with Gasteiger partial charge in [0.2, 0.25) is 5.82 Å². The lowest BCUT2D eigenvalue weighted by atomic mass is 9.86. The van der Waals surface area contributed by atoms with Crippen molar-refractivity contribution in [1.82, 2.24) is 29.5 Å². The van der Waals surface area contributed by atoms with Crippen molar-refractivity contribution in [3.63, 3.8) is 0 Å². The summed E-state index contributed by atoms with van der Waals surface area (Å²) in [4.78, 5) is 5.46. The lowest BCUT2D eigenvalue weighted by Gasteiger charge is -2.28. The zero-order chi connectivity index (χ0) is 25.1. The van der Waals surface area contributed by atoms with Gasteiger partial charge in [0.1, 0.15) is 11.6 Å². The SMILES string of the molecule is CCn1nnc(-c2ccc(OCCC(C)(C)CCN3C=CN(c4ccnc(N)c4)S3(=O)=O)cc2)n1. The molecule has 0 spiro atoms. The lowest BCUT2D eigenvalue weighted by molar-refractivity contribution is 0.211. The van der Waals surface area contributed by atoms with Gasteiger partial charge in [0.05, 0.1) is 18.8 Å². The maximum absolute atomic E-state index is 13.0. The Morgan fingerprint density at radius 1 is 1.09 bits per heavy atom. The van der Waals surface area contributed by atoms with E-state index in [1.807, 2.05) is 31.2 Å². The van der Waals surface area contributed by atoms with E-state index in [9.17, 15) is 8.42 Å². The first-order valence-corrected chi connectivity index (χ1v) is 12.8. The largest absolute Gasteiger partial charge is 0.494 e. The summed E-state index contributed by atoms with van der Waals surface area (Å²) in [5.41, 5.74) is 6.91. The fourth-order valence-corrected chi connectivity index (χ4v) is 4.91. The average molecular weight is 499 g/mol. The number of anilines is 2. The van der Waals surface area contributed by atoms with Crippen LogP contribution >= 0.6 is 0 Å². The third-order valence-electron chi connectivity index (χ3n) is 5.84. The van der Waals surface area contributed by atoms with E-state index in [0.29, 0.717) is 37.6 Å². The molecule has 11 nitrogen and oxygen atoms in total. The molecule has 1 aliphatic rings. The molecule has 0 radical (unpaired) electrons. The van der Waals surface area contributed by atoms with Crippen LogP contribution in [-0.2, 0) is 16.8 Å². The van der Waals surface area contributed by atoms with E-state index < -0.39 is 10.2 Å². The number of rotatable bonds is 10. The number of hydrogen-bond acceptors (Lipinski definition) is 8. The van der Waals surface area contributed by atoms with E-state index in [0.717, 1.165) is 17.7 Å². The molecule has 1 aromatic carbocycles. The number of hydrogen-bond donors (Lipinski definition) is 1. The van der Waals surface area contributed by atoms with Crippen LogP contribution in [0.15, 0.2) is 55.0 Å². The molecule has 0 bridgehead atoms. The summed E-state index contributed by atoms with van der Waals surface area (Å²) >= 11 is 0. The molecule has 0 amide bonds. The Balaban J connectivity index is 1.27. The van der Waals surface area contributed by atoms with Gasteiger partial charge in [-0.05, 0) is 60.7 Å². The van der Waals surface area contributed by atoms with Gasteiger partial charge in [-0.2, -0.15) is 13.2 Å². The Morgan fingerprint density at radius 2 is 1.86 bits per heavy atom. The summed E-state index contributed by atoms with van der Waals surface area (Å²) in [6.07, 6.45) is 6.03. The van der Waals surface area contributed by atoms with Crippen LogP contribution < -0.4 is 14.8 Å². The molecular formula is C23H30N8O3S. The van der Waals surface area contributed by atoms with Crippen LogP contribution in [0.4, 0.5) is 11.5 Å². The number of ether oxygens (including phenoxy) is 1. The van der Waals surface area contributed by atoms with Gasteiger partial charge in [0, 0.05) is 36.8 Å². The van der Waals surface area contributed by atoms with Crippen LogP contribution in [0.2, 0.25) is 0 Å². The van der Waals surface area contributed by atoms with Crippen molar-refractivity contribution in [2.75, 3.05) is 23.2 Å². The van der Waals surface area contributed by atoms with Crippen LogP contribution in [0.25, 0.3) is 11.4 Å². The first-order valence-electron chi connectivity index (χ1n) is 11.4. The summed E-state index contributed by atoms with van der Waals surface area (Å²) in [6, 6.07) is 10.7. The molecule has 0 saturated heterocycles. The molecular weight excluding hydrogens is 468 g/mol. The number of pyridine rings is 1. The predicted molar refractivity (Wildman–Crippen MR) is 133 cm³/mol. The van der Waals surface area contributed by atoms with Crippen LogP contribution in [0.1, 0.15) is 33.6 Å². The molecule has 2 N–H and O–H groups in total. The standard InChI is InChI=1S/C23H30N8O3S/c1-4-31-27-22(26-28-31)18-5-7-20(8-6-18)34-16-11-23(2,3)10-13-29-14-15-30(35(29,32)33)19-9-12-25-21(24)17-19/h5-9,12,14-15,17H,4,10-11,13,16H2,1-3H3,(H2,24,25). The second-order valence-electron chi connectivity index (χ2n) is 8.99. The number of aryl methyl sites for hydroxylation is 1. The van der Waals surface area contributed by atoms with Crippen molar-refractivity contribution >= 4 is 21.7 Å². The minimum atomic E-state index is -3.69. The van der Waals surface area contributed by atoms with Gasteiger partial charge in [0.25, 0.3) is 0 Å². The Kier molecular flexibility index (Phi) is 6.92. The second-order valence-corrected chi connectivity index (χ2v) is 10.7. The second kappa shape index (κ2) is 9.90. The monoisotopic (exact) mass is 498 g/mol. The van der Waals surface area contributed by atoms with E-state index in [-0.39, 0.29) is 11.2 Å². The van der Waals surface area contributed by atoms with Crippen LogP contribution in [0.5, 0.6) is 5.75 Å². The van der Waals surface area contributed by atoms with Gasteiger partial charge in [-0.15, -0.1) is 10.2 Å². The van der Waals surface area contributed by atoms with E-state index in [1.165, 1.54) is 31.9 Å². The van der Waals surface area contributed by atoms with Gasteiger partial charge >= 0.3 is 10.2 Å². The molecule has 0 aliphatic carbocycles. The molecule has 0 atom stereocenters. The van der Waals surface area contributed by atoms with Gasteiger partial charge < -0.3 is 10.5 Å². The van der Waals surface area contributed by atoms with E-state index >= 15 is 0 Å². The summed E-state index contributed by atoms with van der Waals surface area (Å²) in [5.74, 6) is 1.60. The molecule has 12 heteroatoms. The predicted octanol–water partition coefficient (Wildman–Crippen LogP) is 3.06. The molecule has 0 fully saturated rings. The van der Waals surface area contributed by atoms with Gasteiger partial charge in [0.15, 0.2) is 0 Å². The highest BCUT2D eigenvalue weighted by Crippen LogP contribution is 2.31. The average Bonchev–Trinajstić information content (AvgIpc) is 3.42. The zero-order valence-electron chi connectivity index (χ0n) is 20.1. The van der Waals surface area contributed by atoms with Crippen LogP contribution in [0, 0.1) is 5.41 Å². The minimum Gasteiger partial charge on any atom is -0.494 e. The van der Waals surface area contributed by atoms with Crippen molar-refractivity contribution in [2.45, 2.75) is 40.2 Å². The van der Waals surface area contributed by atoms with Crippen LogP contribution in [0.3, 0.4) is 0 Å². The first-order chi connectivity index (χ1) is 16.7. The highest BCUT2D eigenvalue weighted by molar-refractivity contribution is 7.91. The number of nitrogen functional groups attached to an aromatic ring is 1. The van der Waals surface area contributed by atoms with Crippen molar-refractivity contribution in [3.05, 3.63) is 55.0 Å². The van der Waals surface area contributed by atoms with E-state index in [1.54, 1.807) is 12.3 Å². The van der Waals surface area contributed by atoms with Crippen molar-refractivity contribution in [3.8, 4) is 17.1 Å². The number of nitrogens with two attached hydrogens (primary N) is 1. The Labute approximate surface area is 205 Å². The molecule has 3 aromatic rings. The number of tetrazole rings is 1. The normalized spacial score (nSPS) is 15.1. The Morgan fingerprint density at radius 3 is 2.54 bits per heavy atom. The van der Waals surface area contributed by atoms with E-state index in [4.69, 9.17) is 10.5 Å². The number of nitrogens with zero attached hydrogens (tertiary/aromatic N) is 7. The molecule has 0 saturated carbocycles. The third kappa shape index (κ3) is 5.70. The molecule has 2 aromatic heterocycles. The van der Waals surface area contributed by atoms with Crippen molar-refractivity contribution in [1.29, 1.82) is 0 Å². The minimum absolute atomic E-state index is 0.125. The molecule has 4 rings (SSSR count). The highest BCUT2D eigenvalue weighted by Gasteiger charge is 2.33. The first kappa shape index (κ1) is 24.5. The quantitative estimate of drug-likeness (QED) is 0.451. The van der Waals surface area contributed by atoms with Crippen molar-refractivity contribution < 1.29 is 13.2 Å². The summed E-state index contributed by atoms with van der Waals surface area (Å²) in [7, 11) is -3.69. The summed E-state index contributed by atoms with van der Waals surface area (Å²) in [5, 5.41) is 12.3. The van der Waals surface area contributed by atoms with Gasteiger partial charge in [-0.1, -0.05) is 13.8 Å². The fourth-order valence-electron chi connectivity index (χ4n) is 3.56. The topological polar surface area (TPSA) is 132 Å². The molecule has 3 heterocycles. The van der Waals surface area contributed by atoms with Crippen molar-refractivity contribution in [2.24, 2.45) is 5.41 Å². The highest BCUT2D eigenvalue weighted by atomic mass is 32.2. The smallest absolute Gasteiger partial charge is 0.329 e. The maximum atomic E-state index is 13.0. The molecule has 1 aliphatic heterocycles. The summed E-state index contributed by atoms with van der Waals surface area (Å²) in [6.45, 7) is 7.72. The summed E-state index contributed by atoms with van der Waals surface area (Å²) < 4.78 is 34.4. The van der Waals surface area contributed by atoms with Gasteiger partial charge in [-0.25, -0.2) is 9.29 Å². The number of aromatic nitrogens is 5. The van der Waals surface area contributed by atoms with E-state index in [2.05, 4.69) is 34.2 Å². The van der Waals surface area contributed by atoms with Gasteiger partial charge in [-0.3, -0.25) is 4.31 Å². The fraction of sp³-hybridized carbons (Fsp3) is 0.391. The Hall–Kier alpha value is -3.67. The molecule has 0 unspecified atom stereocenters. The Bertz CT molecular complexity index is 1290. The zero-order valence-corrected chi connectivity index (χ0v) is 20.9. The van der Waals surface area contributed by atoms with Crippen LogP contribution in [-0.4, -0.2) is 51.1 Å². The lowest BCUT2D eigenvalue weighted by Crippen LogP contribution is -2.35. The molecule has 186 valence electrons. The third-order valence-corrected chi connectivity index (χ3v) is 7.56. The number of benzene rings is 1. The maximum Gasteiger partial charge on any atom is 0.329 e.